The van der Waals surface area contributed by atoms with Crippen LogP contribution in [-0.2, 0) is 6.54 Å². The van der Waals surface area contributed by atoms with E-state index < -0.39 is 12.7 Å². The Morgan fingerprint density at radius 3 is 2.62 bits per heavy atom. The number of hydrogen-bond donors (Lipinski definition) is 1. The molecule has 1 rings (SSSR count). The van der Waals surface area contributed by atoms with E-state index in [0.717, 1.165) is 0 Å². The number of nitrogens with two attached hydrogens (primary N) is 1. The maximum absolute atomic E-state index is 12.2. The van der Waals surface area contributed by atoms with Crippen LogP contribution in [0.4, 0.5) is 18.9 Å². The lowest BCUT2D eigenvalue weighted by Gasteiger charge is -2.21. The van der Waals surface area contributed by atoms with Gasteiger partial charge in [0, 0.05) is 18.4 Å². The summed E-state index contributed by atoms with van der Waals surface area (Å²) in [7, 11) is 0. The molecular weight excluding hydrogens is 219 g/mol. The zero-order valence-electron chi connectivity index (χ0n) is 8.96. The number of alkyl halides is 3. The highest BCUT2D eigenvalue weighted by molar-refractivity contribution is 5.37. The fourth-order valence-electron chi connectivity index (χ4n) is 1.35. The van der Waals surface area contributed by atoms with E-state index in [-0.39, 0.29) is 6.54 Å². The number of rotatable bonds is 4. The molecule has 16 heavy (non-hydrogen) atoms. The van der Waals surface area contributed by atoms with Gasteiger partial charge in [-0.15, -0.1) is 0 Å². The third-order valence-corrected chi connectivity index (χ3v) is 2.08. The zero-order valence-corrected chi connectivity index (χ0v) is 8.96. The van der Waals surface area contributed by atoms with E-state index in [9.17, 15) is 13.2 Å². The third kappa shape index (κ3) is 4.48. The van der Waals surface area contributed by atoms with Crippen molar-refractivity contribution in [1.82, 2.24) is 9.88 Å². The molecule has 0 radical (unpaired) electrons. The van der Waals surface area contributed by atoms with Gasteiger partial charge in [-0.2, -0.15) is 13.2 Å². The minimum absolute atomic E-state index is 0.154. The minimum Gasteiger partial charge on any atom is -0.399 e. The summed E-state index contributed by atoms with van der Waals surface area (Å²) in [6.45, 7) is 1.22. The standard InChI is InChI=1S/C10H14F3N3/c1-2-16(7-10(11,12)13)6-9-5-8(14)3-4-15-9/h3-5H,2,6-7H2,1H3,(H2,14,15). The number of nitrogen functional groups attached to an aromatic ring is 1. The van der Waals surface area contributed by atoms with E-state index in [1.54, 1.807) is 19.1 Å². The Morgan fingerprint density at radius 1 is 1.44 bits per heavy atom. The van der Waals surface area contributed by atoms with Gasteiger partial charge in [-0.25, -0.2) is 0 Å². The minimum atomic E-state index is -4.18. The average molecular weight is 233 g/mol. The van der Waals surface area contributed by atoms with Gasteiger partial charge in [0.15, 0.2) is 0 Å². The predicted molar refractivity (Wildman–Crippen MR) is 55.7 cm³/mol. The summed E-state index contributed by atoms with van der Waals surface area (Å²) in [6.07, 6.45) is -2.69. The lowest BCUT2D eigenvalue weighted by atomic mass is 10.3. The Balaban J connectivity index is 2.63. The number of hydrogen-bond acceptors (Lipinski definition) is 3. The number of nitrogens with zero attached hydrogens (tertiary/aromatic N) is 2. The quantitative estimate of drug-likeness (QED) is 0.865. The largest absolute Gasteiger partial charge is 0.401 e. The summed E-state index contributed by atoms with van der Waals surface area (Å²) < 4.78 is 36.6. The molecule has 0 aliphatic rings. The average Bonchev–Trinajstić information content (AvgIpc) is 2.14. The second-order valence-electron chi connectivity index (χ2n) is 3.50. The molecule has 3 nitrogen and oxygen atoms in total. The van der Waals surface area contributed by atoms with E-state index in [1.807, 2.05) is 0 Å². The predicted octanol–water partition coefficient (Wildman–Crippen LogP) is 2.05. The van der Waals surface area contributed by atoms with Crippen LogP contribution >= 0.6 is 0 Å². The highest BCUT2D eigenvalue weighted by Gasteiger charge is 2.30. The van der Waals surface area contributed by atoms with E-state index >= 15 is 0 Å². The van der Waals surface area contributed by atoms with E-state index in [1.165, 1.54) is 11.1 Å². The molecule has 0 aliphatic heterocycles. The van der Waals surface area contributed by atoms with Crippen LogP contribution in [0.1, 0.15) is 12.6 Å². The van der Waals surface area contributed by atoms with Crippen molar-refractivity contribution >= 4 is 5.69 Å². The summed E-state index contributed by atoms with van der Waals surface area (Å²) in [5.41, 5.74) is 6.58. The van der Waals surface area contributed by atoms with Gasteiger partial charge in [-0.1, -0.05) is 6.92 Å². The number of halogens is 3. The van der Waals surface area contributed by atoms with E-state index in [4.69, 9.17) is 5.73 Å². The van der Waals surface area contributed by atoms with Gasteiger partial charge in [-0.3, -0.25) is 9.88 Å². The molecule has 0 saturated carbocycles. The molecule has 0 bridgehead atoms. The van der Waals surface area contributed by atoms with Crippen molar-refractivity contribution in [3.63, 3.8) is 0 Å². The maximum atomic E-state index is 12.2. The summed E-state index contributed by atoms with van der Waals surface area (Å²) in [5, 5.41) is 0. The molecule has 0 aliphatic carbocycles. The monoisotopic (exact) mass is 233 g/mol. The second-order valence-corrected chi connectivity index (χ2v) is 3.50. The van der Waals surface area contributed by atoms with Crippen LogP contribution in [0.5, 0.6) is 0 Å². The number of anilines is 1. The van der Waals surface area contributed by atoms with Crippen molar-refractivity contribution in [2.75, 3.05) is 18.8 Å². The summed E-state index contributed by atoms with van der Waals surface area (Å²) in [6, 6.07) is 3.18. The van der Waals surface area contributed by atoms with Crippen molar-refractivity contribution in [2.24, 2.45) is 0 Å². The maximum Gasteiger partial charge on any atom is 0.401 e. The van der Waals surface area contributed by atoms with Gasteiger partial charge in [0.25, 0.3) is 0 Å². The van der Waals surface area contributed by atoms with Gasteiger partial charge in [0.2, 0.25) is 0 Å². The Kier molecular flexibility index (Phi) is 4.12. The van der Waals surface area contributed by atoms with Crippen LogP contribution in [0.15, 0.2) is 18.3 Å². The molecule has 0 fully saturated rings. The van der Waals surface area contributed by atoms with Crippen molar-refractivity contribution < 1.29 is 13.2 Å². The SMILES string of the molecule is CCN(Cc1cc(N)ccn1)CC(F)(F)F. The fraction of sp³-hybridized carbons (Fsp3) is 0.500. The van der Waals surface area contributed by atoms with Crippen LogP contribution < -0.4 is 5.73 Å². The van der Waals surface area contributed by atoms with Crippen LogP contribution in [0.25, 0.3) is 0 Å². The highest BCUT2D eigenvalue weighted by Crippen LogP contribution is 2.17. The first kappa shape index (κ1) is 12.8. The first-order chi connectivity index (χ1) is 7.40. The molecular formula is C10H14F3N3. The third-order valence-electron chi connectivity index (χ3n) is 2.08. The van der Waals surface area contributed by atoms with Gasteiger partial charge >= 0.3 is 6.18 Å². The van der Waals surface area contributed by atoms with E-state index in [2.05, 4.69) is 4.98 Å². The number of aromatic nitrogens is 1. The molecule has 1 heterocycles. The smallest absolute Gasteiger partial charge is 0.399 e. The van der Waals surface area contributed by atoms with Gasteiger partial charge in [-0.05, 0) is 18.7 Å². The summed E-state index contributed by atoms with van der Waals surface area (Å²) >= 11 is 0. The molecule has 0 unspecified atom stereocenters. The van der Waals surface area contributed by atoms with E-state index in [0.29, 0.717) is 17.9 Å². The van der Waals surface area contributed by atoms with Crippen molar-refractivity contribution in [3.05, 3.63) is 24.0 Å². The molecule has 0 atom stereocenters. The molecule has 1 aromatic rings. The zero-order chi connectivity index (χ0) is 12.2. The molecule has 0 saturated heterocycles. The molecule has 0 spiro atoms. The van der Waals surface area contributed by atoms with Gasteiger partial charge in [0.1, 0.15) is 0 Å². The van der Waals surface area contributed by atoms with Crippen molar-refractivity contribution in [2.45, 2.75) is 19.6 Å². The number of pyridine rings is 1. The summed E-state index contributed by atoms with van der Waals surface area (Å²) in [5.74, 6) is 0. The lowest BCUT2D eigenvalue weighted by Crippen LogP contribution is -2.33. The van der Waals surface area contributed by atoms with Crippen LogP contribution in [0.3, 0.4) is 0 Å². The van der Waals surface area contributed by atoms with Crippen molar-refractivity contribution in [1.29, 1.82) is 0 Å². The topological polar surface area (TPSA) is 42.1 Å². The first-order valence-electron chi connectivity index (χ1n) is 4.90. The Labute approximate surface area is 92.1 Å². The second kappa shape index (κ2) is 5.16. The van der Waals surface area contributed by atoms with Crippen molar-refractivity contribution in [3.8, 4) is 0 Å². The molecule has 0 amide bonds. The van der Waals surface area contributed by atoms with Crippen LogP contribution in [-0.4, -0.2) is 29.1 Å². The Bertz CT molecular complexity index is 338. The molecule has 2 N–H and O–H groups in total. The highest BCUT2D eigenvalue weighted by atomic mass is 19.4. The van der Waals surface area contributed by atoms with Crippen LogP contribution in [0, 0.1) is 0 Å². The molecule has 90 valence electrons. The fourth-order valence-corrected chi connectivity index (χ4v) is 1.35. The molecule has 6 heteroatoms. The molecule has 0 aromatic carbocycles. The summed E-state index contributed by atoms with van der Waals surface area (Å²) in [4.78, 5) is 5.23. The van der Waals surface area contributed by atoms with Gasteiger partial charge in [0.05, 0.1) is 12.2 Å². The lowest BCUT2D eigenvalue weighted by molar-refractivity contribution is -0.146. The van der Waals surface area contributed by atoms with Crippen LogP contribution in [0.2, 0.25) is 0 Å². The normalized spacial score (nSPS) is 12.1. The first-order valence-corrected chi connectivity index (χ1v) is 4.90. The molecule has 1 aromatic heterocycles. The Hall–Kier alpha value is -1.30. The Morgan fingerprint density at radius 2 is 2.12 bits per heavy atom. The van der Waals surface area contributed by atoms with Gasteiger partial charge < -0.3 is 5.73 Å².